The molecule has 2 aromatic carbocycles. The van der Waals surface area contributed by atoms with E-state index in [-0.39, 0.29) is 5.91 Å². The normalized spacial score (nSPS) is 11.0. The first-order valence-corrected chi connectivity index (χ1v) is 14.3. The second-order valence-corrected chi connectivity index (χ2v) is 10.0. The number of hydrogen-bond donors (Lipinski definition) is 1. The molecule has 200 valence electrons. The minimum atomic E-state index is -0.0373. The van der Waals surface area contributed by atoms with Gasteiger partial charge in [-0.25, -0.2) is 4.98 Å². The summed E-state index contributed by atoms with van der Waals surface area (Å²) in [4.78, 5) is 16.8. The van der Waals surface area contributed by atoms with Crippen LogP contribution in [0.4, 0.5) is 5.69 Å². The van der Waals surface area contributed by atoms with Gasteiger partial charge in [-0.05, 0) is 49.2 Å². The van der Waals surface area contributed by atoms with Crippen LogP contribution in [0.2, 0.25) is 0 Å². The maximum Gasteiger partial charge on any atom is 0.228 e. The Balaban J connectivity index is 1.26. The molecule has 0 atom stereocenters. The van der Waals surface area contributed by atoms with Gasteiger partial charge in [0, 0.05) is 23.8 Å². The number of ether oxygens (including phenoxy) is 1. The summed E-state index contributed by atoms with van der Waals surface area (Å²) in [6.07, 6.45) is 20.1. The number of imidazole rings is 1. The molecule has 0 radical (unpaired) electrons. The standard InChI is InChI=1S/C32H45N3O2/c1-3-4-5-6-7-8-9-10-11-12-13-14-24-37-31-20-18-28(19-21-31)25-32(36)34-29-16-15-17-30(26-29)35-23-22-33-27(35)2/h15-23,26H,3-14,24-25H2,1-2H3,(H,34,36). The molecule has 0 unspecified atom stereocenters. The van der Waals surface area contributed by atoms with Gasteiger partial charge in [-0.15, -0.1) is 0 Å². The van der Waals surface area contributed by atoms with Gasteiger partial charge in [0.1, 0.15) is 11.6 Å². The minimum absolute atomic E-state index is 0.0373. The number of rotatable bonds is 18. The van der Waals surface area contributed by atoms with Crippen molar-refractivity contribution in [2.45, 2.75) is 97.3 Å². The number of carbonyl (C=O) groups is 1. The summed E-state index contributed by atoms with van der Waals surface area (Å²) in [5.74, 6) is 1.74. The van der Waals surface area contributed by atoms with Crippen LogP contribution in [0, 0.1) is 6.92 Å². The summed E-state index contributed by atoms with van der Waals surface area (Å²) in [5.41, 5.74) is 2.72. The van der Waals surface area contributed by atoms with E-state index in [9.17, 15) is 4.79 Å². The lowest BCUT2D eigenvalue weighted by molar-refractivity contribution is -0.115. The van der Waals surface area contributed by atoms with Crippen molar-refractivity contribution < 1.29 is 9.53 Å². The molecule has 0 bridgehead atoms. The van der Waals surface area contributed by atoms with Gasteiger partial charge in [0.25, 0.3) is 0 Å². The molecule has 0 fully saturated rings. The maximum absolute atomic E-state index is 12.6. The first-order chi connectivity index (χ1) is 18.2. The van der Waals surface area contributed by atoms with Gasteiger partial charge in [0.2, 0.25) is 5.91 Å². The highest BCUT2D eigenvalue weighted by atomic mass is 16.5. The van der Waals surface area contributed by atoms with E-state index in [1.54, 1.807) is 6.20 Å². The largest absolute Gasteiger partial charge is 0.494 e. The third kappa shape index (κ3) is 10.8. The molecule has 0 aliphatic heterocycles. The Kier molecular flexibility index (Phi) is 12.8. The molecule has 1 N–H and O–H groups in total. The van der Waals surface area contributed by atoms with E-state index in [1.165, 1.54) is 70.6 Å². The number of amides is 1. The first kappa shape index (κ1) is 28.5. The number of nitrogens with one attached hydrogen (secondary N) is 1. The minimum Gasteiger partial charge on any atom is -0.494 e. The lowest BCUT2D eigenvalue weighted by Gasteiger charge is -2.10. The van der Waals surface area contributed by atoms with E-state index in [1.807, 2.05) is 66.2 Å². The molecule has 1 aromatic heterocycles. The van der Waals surface area contributed by atoms with Crippen molar-refractivity contribution in [3.05, 3.63) is 72.3 Å². The molecule has 0 saturated heterocycles. The average molecular weight is 504 g/mol. The number of nitrogens with zero attached hydrogens (tertiary/aromatic N) is 2. The maximum atomic E-state index is 12.6. The van der Waals surface area contributed by atoms with Crippen LogP contribution in [0.5, 0.6) is 5.75 Å². The third-order valence-corrected chi connectivity index (χ3v) is 6.79. The molecule has 5 heteroatoms. The van der Waals surface area contributed by atoms with Crippen molar-refractivity contribution in [3.63, 3.8) is 0 Å². The Morgan fingerprint density at radius 2 is 1.51 bits per heavy atom. The van der Waals surface area contributed by atoms with Crippen molar-refractivity contribution in [1.82, 2.24) is 9.55 Å². The number of carbonyl (C=O) groups excluding carboxylic acids is 1. The van der Waals surface area contributed by atoms with Gasteiger partial charge in [0.15, 0.2) is 0 Å². The predicted molar refractivity (Wildman–Crippen MR) is 154 cm³/mol. The fraction of sp³-hybridized carbons (Fsp3) is 0.500. The average Bonchev–Trinajstić information content (AvgIpc) is 3.33. The molecular formula is C32H45N3O2. The number of unbranched alkanes of at least 4 members (excludes halogenated alkanes) is 11. The van der Waals surface area contributed by atoms with Gasteiger partial charge in [-0.1, -0.05) is 95.8 Å². The summed E-state index contributed by atoms with van der Waals surface area (Å²) in [5, 5.41) is 3.00. The lowest BCUT2D eigenvalue weighted by Crippen LogP contribution is -2.14. The molecule has 0 aliphatic carbocycles. The van der Waals surface area contributed by atoms with E-state index in [2.05, 4.69) is 17.2 Å². The molecule has 0 aliphatic rings. The lowest BCUT2D eigenvalue weighted by atomic mass is 10.1. The molecule has 5 nitrogen and oxygen atoms in total. The predicted octanol–water partition coefficient (Wildman–Crippen LogP) is 8.44. The Morgan fingerprint density at radius 3 is 2.14 bits per heavy atom. The van der Waals surface area contributed by atoms with E-state index < -0.39 is 0 Å². The topological polar surface area (TPSA) is 56.1 Å². The number of hydrogen-bond acceptors (Lipinski definition) is 3. The second kappa shape index (κ2) is 16.6. The smallest absolute Gasteiger partial charge is 0.228 e. The molecular weight excluding hydrogens is 458 g/mol. The fourth-order valence-electron chi connectivity index (χ4n) is 4.61. The molecule has 0 saturated carbocycles. The summed E-state index contributed by atoms with van der Waals surface area (Å²) in [7, 11) is 0. The highest BCUT2D eigenvalue weighted by molar-refractivity contribution is 5.92. The number of aryl methyl sites for hydroxylation is 1. The zero-order chi connectivity index (χ0) is 26.1. The Labute approximate surface area is 223 Å². The molecule has 1 heterocycles. The first-order valence-electron chi connectivity index (χ1n) is 14.3. The van der Waals surface area contributed by atoms with E-state index >= 15 is 0 Å². The fourth-order valence-corrected chi connectivity index (χ4v) is 4.61. The summed E-state index contributed by atoms with van der Waals surface area (Å²) < 4.78 is 7.90. The van der Waals surface area contributed by atoms with Crippen LogP contribution >= 0.6 is 0 Å². The Hall–Kier alpha value is -3.08. The summed E-state index contributed by atoms with van der Waals surface area (Å²) in [6.45, 7) is 4.98. The van der Waals surface area contributed by atoms with Crippen LogP contribution in [-0.4, -0.2) is 22.1 Å². The van der Waals surface area contributed by atoms with Gasteiger partial charge in [-0.2, -0.15) is 0 Å². The zero-order valence-electron chi connectivity index (χ0n) is 22.9. The Morgan fingerprint density at radius 1 is 0.865 bits per heavy atom. The molecule has 3 rings (SSSR count). The molecule has 3 aromatic rings. The van der Waals surface area contributed by atoms with E-state index in [0.29, 0.717) is 6.42 Å². The number of aromatic nitrogens is 2. The molecule has 37 heavy (non-hydrogen) atoms. The van der Waals surface area contributed by atoms with Crippen LogP contribution in [0.3, 0.4) is 0 Å². The van der Waals surface area contributed by atoms with Crippen LogP contribution < -0.4 is 10.1 Å². The van der Waals surface area contributed by atoms with E-state index in [0.717, 1.165) is 41.5 Å². The molecule has 1 amide bonds. The van der Waals surface area contributed by atoms with Crippen molar-refractivity contribution in [3.8, 4) is 11.4 Å². The SMILES string of the molecule is CCCCCCCCCCCCCCOc1ccc(CC(=O)Nc2cccc(-n3ccnc3C)c2)cc1. The second-order valence-electron chi connectivity index (χ2n) is 10.0. The van der Waals surface area contributed by atoms with E-state index in [4.69, 9.17) is 4.74 Å². The van der Waals surface area contributed by atoms with Crippen molar-refractivity contribution in [1.29, 1.82) is 0 Å². The van der Waals surface area contributed by atoms with Crippen LogP contribution in [-0.2, 0) is 11.2 Å². The van der Waals surface area contributed by atoms with Gasteiger partial charge in [0.05, 0.1) is 13.0 Å². The van der Waals surface area contributed by atoms with Gasteiger partial charge < -0.3 is 14.6 Å². The van der Waals surface area contributed by atoms with Crippen LogP contribution in [0.15, 0.2) is 60.9 Å². The quantitative estimate of drug-likeness (QED) is 0.177. The van der Waals surface area contributed by atoms with Gasteiger partial charge >= 0.3 is 0 Å². The number of anilines is 1. The van der Waals surface area contributed by atoms with Crippen molar-refractivity contribution in [2.75, 3.05) is 11.9 Å². The zero-order valence-corrected chi connectivity index (χ0v) is 22.9. The van der Waals surface area contributed by atoms with Gasteiger partial charge in [-0.3, -0.25) is 4.79 Å². The van der Waals surface area contributed by atoms with Crippen molar-refractivity contribution in [2.24, 2.45) is 0 Å². The summed E-state index contributed by atoms with van der Waals surface area (Å²) in [6, 6.07) is 15.7. The highest BCUT2D eigenvalue weighted by Gasteiger charge is 2.07. The third-order valence-electron chi connectivity index (χ3n) is 6.79. The monoisotopic (exact) mass is 503 g/mol. The van der Waals surface area contributed by atoms with Crippen LogP contribution in [0.25, 0.3) is 5.69 Å². The number of benzene rings is 2. The summed E-state index contributed by atoms with van der Waals surface area (Å²) >= 11 is 0. The van der Waals surface area contributed by atoms with Crippen molar-refractivity contribution >= 4 is 11.6 Å². The Bertz CT molecular complexity index is 1040. The van der Waals surface area contributed by atoms with Crippen LogP contribution in [0.1, 0.15) is 95.4 Å². The highest BCUT2D eigenvalue weighted by Crippen LogP contribution is 2.18. The molecule has 0 spiro atoms.